The number of aromatic nitrogens is 2. The molecule has 0 saturated heterocycles. The first-order valence-corrected chi connectivity index (χ1v) is 5.50. The van der Waals surface area contributed by atoms with Gasteiger partial charge in [-0.2, -0.15) is 5.10 Å². The maximum atomic E-state index is 5.70. The lowest BCUT2D eigenvalue weighted by Crippen LogP contribution is -2.40. The van der Waals surface area contributed by atoms with Crippen LogP contribution >= 0.6 is 0 Å². The lowest BCUT2D eigenvalue weighted by molar-refractivity contribution is -0.0804. The standard InChI is InChI=1S/C11H19N3O/c1-9-8-14(13-10(9)12)7-6-11(15-2)4-3-5-11/h8H,3-7H2,1-2H3,(H2,12,13). The van der Waals surface area contributed by atoms with E-state index in [1.54, 1.807) is 0 Å². The second kappa shape index (κ2) is 3.85. The molecule has 4 nitrogen and oxygen atoms in total. The molecule has 0 unspecified atom stereocenters. The Morgan fingerprint density at radius 1 is 1.60 bits per heavy atom. The van der Waals surface area contributed by atoms with Crippen LogP contribution in [0, 0.1) is 6.92 Å². The largest absolute Gasteiger partial charge is 0.382 e. The fraction of sp³-hybridized carbons (Fsp3) is 0.727. The van der Waals surface area contributed by atoms with Crippen LogP contribution in [0.2, 0.25) is 0 Å². The summed E-state index contributed by atoms with van der Waals surface area (Å²) in [6, 6.07) is 0. The molecule has 0 bridgehead atoms. The van der Waals surface area contributed by atoms with E-state index in [1.165, 1.54) is 19.3 Å². The van der Waals surface area contributed by atoms with Crippen LogP contribution < -0.4 is 5.73 Å². The molecule has 1 aliphatic rings. The summed E-state index contributed by atoms with van der Waals surface area (Å²) in [5, 5.41) is 4.24. The second-order valence-corrected chi connectivity index (χ2v) is 4.45. The Labute approximate surface area is 90.4 Å². The van der Waals surface area contributed by atoms with Crippen LogP contribution in [0.15, 0.2) is 6.20 Å². The Morgan fingerprint density at radius 3 is 2.73 bits per heavy atom. The molecule has 0 radical (unpaired) electrons. The molecular weight excluding hydrogens is 190 g/mol. The monoisotopic (exact) mass is 209 g/mol. The first kappa shape index (κ1) is 10.5. The van der Waals surface area contributed by atoms with Gasteiger partial charge in [0.05, 0.1) is 5.60 Å². The van der Waals surface area contributed by atoms with Crippen molar-refractivity contribution < 1.29 is 4.74 Å². The molecule has 4 heteroatoms. The third kappa shape index (κ3) is 2.00. The summed E-state index contributed by atoms with van der Waals surface area (Å²) < 4.78 is 7.48. The summed E-state index contributed by atoms with van der Waals surface area (Å²) in [4.78, 5) is 0. The van der Waals surface area contributed by atoms with Gasteiger partial charge in [-0.25, -0.2) is 0 Å². The normalized spacial score (nSPS) is 18.8. The van der Waals surface area contributed by atoms with E-state index in [0.29, 0.717) is 5.82 Å². The maximum absolute atomic E-state index is 5.70. The van der Waals surface area contributed by atoms with Crippen molar-refractivity contribution in [2.24, 2.45) is 0 Å². The van der Waals surface area contributed by atoms with Gasteiger partial charge in [-0.05, 0) is 32.6 Å². The Hall–Kier alpha value is -1.03. The Kier molecular flexibility index (Phi) is 2.69. The van der Waals surface area contributed by atoms with Crippen LogP contribution in [-0.2, 0) is 11.3 Å². The molecule has 1 saturated carbocycles. The first-order valence-electron chi connectivity index (χ1n) is 5.50. The van der Waals surface area contributed by atoms with Crippen molar-refractivity contribution in [3.05, 3.63) is 11.8 Å². The Balaban J connectivity index is 1.92. The molecule has 1 heterocycles. The van der Waals surface area contributed by atoms with Gasteiger partial charge >= 0.3 is 0 Å². The highest BCUT2D eigenvalue weighted by Gasteiger charge is 2.36. The summed E-state index contributed by atoms with van der Waals surface area (Å²) in [5.74, 6) is 0.634. The first-order chi connectivity index (χ1) is 7.15. The third-order valence-electron chi connectivity index (χ3n) is 3.48. The lowest BCUT2D eigenvalue weighted by atomic mass is 9.77. The average Bonchev–Trinajstić information content (AvgIpc) is 2.45. The van der Waals surface area contributed by atoms with Crippen molar-refractivity contribution in [3.8, 4) is 0 Å². The number of nitrogens with two attached hydrogens (primary N) is 1. The zero-order valence-corrected chi connectivity index (χ0v) is 9.49. The van der Waals surface area contributed by atoms with Crippen molar-refractivity contribution in [2.75, 3.05) is 12.8 Å². The molecule has 1 aromatic rings. The topological polar surface area (TPSA) is 53.1 Å². The molecule has 2 rings (SSSR count). The highest BCUT2D eigenvalue weighted by molar-refractivity contribution is 5.35. The summed E-state index contributed by atoms with van der Waals surface area (Å²) in [6.07, 6.45) is 6.67. The molecule has 0 aliphatic heterocycles. The number of nitrogens with zero attached hydrogens (tertiary/aromatic N) is 2. The summed E-state index contributed by atoms with van der Waals surface area (Å²) in [7, 11) is 1.81. The van der Waals surface area contributed by atoms with Gasteiger partial charge in [0.15, 0.2) is 0 Å². The zero-order chi connectivity index (χ0) is 10.9. The number of aryl methyl sites for hydroxylation is 2. The molecule has 1 aliphatic carbocycles. The molecule has 0 spiro atoms. The number of methoxy groups -OCH3 is 1. The fourth-order valence-corrected chi connectivity index (χ4v) is 2.10. The number of hydrogen-bond acceptors (Lipinski definition) is 3. The van der Waals surface area contributed by atoms with E-state index in [9.17, 15) is 0 Å². The molecule has 84 valence electrons. The van der Waals surface area contributed by atoms with Crippen molar-refractivity contribution in [1.82, 2.24) is 9.78 Å². The summed E-state index contributed by atoms with van der Waals surface area (Å²) >= 11 is 0. The van der Waals surface area contributed by atoms with Crippen LogP contribution in [-0.4, -0.2) is 22.5 Å². The minimum atomic E-state index is 0.120. The Morgan fingerprint density at radius 2 is 2.33 bits per heavy atom. The molecule has 1 aromatic heterocycles. The van der Waals surface area contributed by atoms with Gasteiger partial charge in [0.25, 0.3) is 0 Å². The number of ether oxygens (including phenoxy) is 1. The third-order valence-corrected chi connectivity index (χ3v) is 3.48. The van der Waals surface area contributed by atoms with E-state index >= 15 is 0 Å². The highest BCUT2D eigenvalue weighted by Crippen LogP contribution is 2.38. The predicted molar refractivity (Wildman–Crippen MR) is 59.6 cm³/mol. The van der Waals surface area contributed by atoms with Crippen molar-refractivity contribution in [2.45, 2.75) is 44.8 Å². The van der Waals surface area contributed by atoms with Crippen LogP contribution in [0.5, 0.6) is 0 Å². The number of hydrogen-bond donors (Lipinski definition) is 1. The van der Waals surface area contributed by atoms with Crippen molar-refractivity contribution in [1.29, 1.82) is 0 Å². The van der Waals surface area contributed by atoms with E-state index in [4.69, 9.17) is 10.5 Å². The predicted octanol–water partition coefficient (Wildman–Crippen LogP) is 1.73. The van der Waals surface area contributed by atoms with E-state index in [-0.39, 0.29) is 5.60 Å². The highest BCUT2D eigenvalue weighted by atomic mass is 16.5. The molecule has 15 heavy (non-hydrogen) atoms. The lowest BCUT2D eigenvalue weighted by Gasteiger charge is -2.40. The summed E-state index contributed by atoms with van der Waals surface area (Å²) in [5.41, 5.74) is 6.87. The molecule has 0 atom stereocenters. The van der Waals surface area contributed by atoms with Crippen LogP contribution in [0.1, 0.15) is 31.2 Å². The SMILES string of the molecule is COC1(CCn2cc(C)c(N)n2)CCC1. The van der Waals surface area contributed by atoms with Gasteiger partial charge in [0, 0.05) is 25.4 Å². The van der Waals surface area contributed by atoms with Crippen molar-refractivity contribution in [3.63, 3.8) is 0 Å². The molecule has 2 N–H and O–H groups in total. The van der Waals surface area contributed by atoms with Crippen LogP contribution in [0.3, 0.4) is 0 Å². The van der Waals surface area contributed by atoms with Crippen molar-refractivity contribution >= 4 is 5.82 Å². The maximum Gasteiger partial charge on any atom is 0.148 e. The van der Waals surface area contributed by atoms with Gasteiger partial charge in [-0.15, -0.1) is 0 Å². The van der Waals surface area contributed by atoms with E-state index < -0.39 is 0 Å². The second-order valence-electron chi connectivity index (χ2n) is 4.45. The number of anilines is 1. The number of rotatable bonds is 4. The number of nitrogen functional groups attached to an aromatic ring is 1. The van der Waals surface area contributed by atoms with Gasteiger partial charge in [-0.3, -0.25) is 4.68 Å². The van der Waals surface area contributed by atoms with Crippen LogP contribution in [0.25, 0.3) is 0 Å². The quantitative estimate of drug-likeness (QED) is 0.821. The fourth-order valence-electron chi connectivity index (χ4n) is 2.10. The smallest absolute Gasteiger partial charge is 0.148 e. The van der Waals surface area contributed by atoms with E-state index in [0.717, 1.165) is 18.5 Å². The molecule has 0 amide bonds. The summed E-state index contributed by atoms with van der Waals surface area (Å²) in [6.45, 7) is 2.88. The van der Waals surface area contributed by atoms with Gasteiger partial charge in [0.1, 0.15) is 5.82 Å². The van der Waals surface area contributed by atoms with Crippen LogP contribution in [0.4, 0.5) is 5.82 Å². The van der Waals surface area contributed by atoms with Gasteiger partial charge in [-0.1, -0.05) is 0 Å². The molecule has 1 fully saturated rings. The minimum Gasteiger partial charge on any atom is -0.382 e. The average molecular weight is 209 g/mol. The van der Waals surface area contributed by atoms with E-state index in [2.05, 4.69) is 5.10 Å². The van der Waals surface area contributed by atoms with E-state index in [1.807, 2.05) is 24.9 Å². The van der Waals surface area contributed by atoms with Gasteiger partial charge in [0.2, 0.25) is 0 Å². The van der Waals surface area contributed by atoms with Gasteiger partial charge < -0.3 is 10.5 Å². The molecular formula is C11H19N3O. The molecule has 0 aromatic carbocycles. The zero-order valence-electron chi connectivity index (χ0n) is 9.49. The Bertz CT molecular complexity index is 317. The minimum absolute atomic E-state index is 0.120.